The maximum atomic E-state index is 12.5. The van der Waals surface area contributed by atoms with Crippen LogP contribution in [-0.4, -0.2) is 30.5 Å². The van der Waals surface area contributed by atoms with Gasteiger partial charge in [-0.05, 0) is 24.8 Å². The predicted octanol–water partition coefficient (Wildman–Crippen LogP) is 3.07. The zero-order chi connectivity index (χ0) is 18.1. The van der Waals surface area contributed by atoms with Crippen LogP contribution >= 0.6 is 11.3 Å². The number of carbonyl (C=O) groups excluding carboxylic acids is 1. The molecule has 26 heavy (non-hydrogen) atoms. The highest BCUT2D eigenvalue weighted by Crippen LogP contribution is 2.26. The Hall–Kier alpha value is -3.07. The second-order valence-corrected chi connectivity index (χ2v) is 6.47. The van der Waals surface area contributed by atoms with Crippen LogP contribution in [0.2, 0.25) is 0 Å². The third-order valence-electron chi connectivity index (χ3n) is 3.92. The molecule has 132 valence electrons. The molecule has 0 atom stereocenters. The van der Waals surface area contributed by atoms with Crippen LogP contribution in [0.3, 0.4) is 0 Å². The zero-order valence-corrected chi connectivity index (χ0v) is 15.0. The summed E-state index contributed by atoms with van der Waals surface area (Å²) in [5, 5.41) is 6.06. The summed E-state index contributed by atoms with van der Waals surface area (Å²) >= 11 is 1.54. The number of nitrogens with zero attached hydrogens (tertiary/aromatic N) is 5. The molecule has 0 saturated heterocycles. The second kappa shape index (κ2) is 6.68. The molecule has 0 bridgehead atoms. The summed E-state index contributed by atoms with van der Waals surface area (Å²) in [6.07, 6.45) is 3.47. The van der Waals surface area contributed by atoms with Gasteiger partial charge in [0, 0.05) is 6.20 Å². The van der Waals surface area contributed by atoms with E-state index in [2.05, 4.69) is 20.1 Å². The molecule has 4 heterocycles. The van der Waals surface area contributed by atoms with Crippen LogP contribution in [0.4, 0.5) is 0 Å². The third-order valence-corrected chi connectivity index (χ3v) is 4.78. The zero-order valence-electron chi connectivity index (χ0n) is 14.2. The van der Waals surface area contributed by atoms with Gasteiger partial charge in [0.2, 0.25) is 5.89 Å². The molecule has 0 saturated carbocycles. The van der Waals surface area contributed by atoms with Crippen molar-refractivity contribution < 1.29 is 13.9 Å². The normalized spacial score (nSPS) is 11.2. The molecule has 0 unspecified atom stereocenters. The fraction of sp³-hybridized carbons (Fsp3) is 0.235. The van der Waals surface area contributed by atoms with E-state index in [-0.39, 0.29) is 6.61 Å². The van der Waals surface area contributed by atoms with Crippen LogP contribution < -0.4 is 0 Å². The lowest BCUT2D eigenvalue weighted by Crippen LogP contribution is -2.13. The number of ether oxygens (including phenoxy) is 1. The van der Waals surface area contributed by atoms with Crippen LogP contribution in [0.5, 0.6) is 0 Å². The minimum Gasteiger partial charge on any atom is -0.455 e. The van der Waals surface area contributed by atoms with E-state index in [4.69, 9.17) is 9.15 Å². The lowest BCUT2D eigenvalue weighted by molar-refractivity contribution is 0.0464. The van der Waals surface area contributed by atoms with E-state index in [1.165, 1.54) is 23.9 Å². The fourth-order valence-electron chi connectivity index (χ4n) is 2.61. The first-order valence-electron chi connectivity index (χ1n) is 8.02. The van der Waals surface area contributed by atoms with Crippen molar-refractivity contribution >= 4 is 23.1 Å². The van der Waals surface area contributed by atoms with Crippen LogP contribution in [0, 0.1) is 6.92 Å². The average Bonchev–Trinajstić information content (AvgIpc) is 3.38. The number of hydrogen-bond acceptors (Lipinski definition) is 8. The Labute approximate surface area is 152 Å². The molecule has 0 fully saturated rings. The van der Waals surface area contributed by atoms with E-state index in [0.29, 0.717) is 40.8 Å². The largest absolute Gasteiger partial charge is 0.455 e. The van der Waals surface area contributed by atoms with Crippen molar-refractivity contribution in [2.75, 3.05) is 0 Å². The molecule has 0 aliphatic carbocycles. The highest BCUT2D eigenvalue weighted by atomic mass is 32.1. The van der Waals surface area contributed by atoms with Crippen molar-refractivity contribution in [3.63, 3.8) is 0 Å². The number of aryl methyl sites for hydroxylation is 2. The topological polar surface area (TPSA) is 95.4 Å². The molecule has 4 rings (SSSR count). The van der Waals surface area contributed by atoms with Gasteiger partial charge in [-0.2, -0.15) is 10.1 Å². The molecule has 0 N–H and O–H groups in total. The Morgan fingerprint density at radius 2 is 2.27 bits per heavy atom. The lowest BCUT2D eigenvalue weighted by Gasteiger charge is -2.08. The van der Waals surface area contributed by atoms with Crippen molar-refractivity contribution in [3.8, 4) is 10.8 Å². The molecule has 0 aliphatic rings. The molecule has 8 nitrogen and oxygen atoms in total. The SMILES string of the molecule is CCc1c(C(=O)OCc2nc(-c3cccs3)oc2C)cnc2ncnn12. The van der Waals surface area contributed by atoms with Gasteiger partial charge in [0.1, 0.15) is 24.4 Å². The average molecular weight is 369 g/mol. The van der Waals surface area contributed by atoms with Gasteiger partial charge >= 0.3 is 5.97 Å². The van der Waals surface area contributed by atoms with Crippen LogP contribution in [0.1, 0.15) is 34.4 Å². The predicted molar refractivity (Wildman–Crippen MR) is 93.8 cm³/mol. The van der Waals surface area contributed by atoms with E-state index in [1.807, 2.05) is 24.4 Å². The summed E-state index contributed by atoms with van der Waals surface area (Å²) in [5.74, 6) is 1.13. The van der Waals surface area contributed by atoms with Crippen LogP contribution in [-0.2, 0) is 17.8 Å². The molecule has 9 heteroatoms. The van der Waals surface area contributed by atoms with Gasteiger partial charge in [0.15, 0.2) is 0 Å². The summed E-state index contributed by atoms with van der Waals surface area (Å²) in [6.45, 7) is 3.76. The highest BCUT2D eigenvalue weighted by Gasteiger charge is 2.19. The summed E-state index contributed by atoms with van der Waals surface area (Å²) in [6, 6.07) is 3.86. The molecule has 4 aromatic heterocycles. The number of esters is 1. The summed E-state index contributed by atoms with van der Waals surface area (Å²) in [4.78, 5) is 26.1. The van der Waals surface area contributed by atoms with E-state index in [1.54, 1.807) is 11.4 Å². The summed E-state index contributed by atoms with van der Waals surface area (Å²) in [7, 11) is 0. The van der Waals surface area contributed by atoms with Crippen molar-refractivity contribution in [1.82, 2.24) is 24.6 Å². The van der Waals surface area contributed by atoms with Gasteiger partial charge in [0.05, 0.1) is 16.1 Å². The molecular formula is C17H15N5O3S. The highest BCUT2D eigenvalue weighted by molar-refractivity contribution is 7.13. The van der Waals surface area contributed by atoms with Gasteiger partial charge in [0.25, 0.3) is 5.78 Å². The Kier molecular flexibility index (Phi) is 4.21. The maximum absolute atomic E-state index is 12.5. The first-order chi connectivity index (χ1) is 12.7. The second-order valence-electron chi connectivity index (χ2n) is 5.52. The fourth-order valence-corrected chi connectivity index (χ4v) is 3.26. The smallest absolute Gasteiger partial charge is 0.341 e. The molecule has 0 aliphatic heterocycles. The number of aromatic nitrogens is 5. The first-order valence-corrected chi connectivity index (χ1v) is 8.90. The van der Waals surface area contributed by atoms with Crippen LogP contribution in [0.15, 0.2) is 34.5 Å². The van der Waals surface area contributed by atoms with E-state index in [9.17, 15) is 4.79 Å². The Morgan fingerprint density at radius 3 is 3.04 bits per heavy atom. The minimum atomic E-state index is -0.480. The van der Waals surface area contributed by atoms with E-state index in [0.717, 1.165) is 4.88 Å². The molecule has 4 aromatic rings. The number of fused-ring (bicyclic) bond motifs is 1. The first kappa shape index (κ1) is 16.4. The number of carbonyl (C=O) groups is 1. The maximum Gasteiger partial charge on any atom is 0.341 e. The third kappa shape index (κ3) is 2.86. The minimum absolute atomic E-state index is 0.0259. The summed E-state index contributed by atoms with van der Waals surface area (Å²) < 4.78 is 12.6. The molecular weight excluding hydrogens is 354 g/mol. The quantitative estimate of drug-likeness (QED) is 0.499. The van der Waals surface area contributed by atoms with Crippen LogP contribution in [0.25, 0.3) is 16.5 Å². The Balaban J connectivity index is 1.54. The van der Waals surface area contributed by atoms with Gasteiger partial charge in [-0.25, -0.2) is 19.3 Å². The molecule has 0 aromatic carbocycles. The Bertz CT molecular complexity index is 1070. The molecule has 0 radical (unpaired) electrons. The van der Waals surface area contributed by atoms with Gasteiger partial charge < -0.3 is 9.15 Å². The molecule has 0 spiro atoms. The Morgan fingerprint density at radius 1 is 1.38 bits per heavy atom. The standard InChI is InChI=1S/C17H15N5O3S/c1-3-13-11(7-18-17-19-9-20-22(13)17)16(23)24-8-12-10(2)25-15(21-12)14-5-4-6-26-14/h4-7,9H,3,8H2,1-2H3. The number of hydrogen-bond donors (Lipinski definition) is 0. The van der Waals surface area contributed by atoms with E-state index >= 15 is 0 Å². The number of thiophene rings is 1. The number of oxazole rings is 1. The van der Waals surface area contributed by atoms with Gasteiger partial charge in [-0.3, -0.25) is 0 Å². The van der Waals surface area contributed by atoms with Gasteiger partial charge in [-0.15, -0.1) is 11.3 Å². The number of rotatable bonds is 5. The monoisotopic (exact) mass is 369 g/mol. The summed E-state index contributed by atoms with van der Waals surface area (Å²) in [5.41, 5.74) is 1.66. The van der Waals surface area contributed by atoms with Crippen molar-refractivity contribution in [2.24, 2.45) is 0 Å². The van der Waals surface area contributed by atoms with Crippen molar-refractivity contribution in [3.05, 3.63) is 52.7 Å². The van der Waals surface area contributed by atoms with Crippen molar-refractivity contribution in [1.29, 1.82) is 0 Å². The van der Waals surface area contributed by atoms with Gasteiger partial charge in [-0.1, -0.05) is 13.0 Å². The van der Waals surface area contributed by atoms with E-state index < -0.39 is 5.97 Å². The van der Waals surface area contributed by atoms with Crippen molar-refractivity contribution in [2.45, 2.75) is 26.9 Å². The molecule has 0 amide bonds. The lowest BCUT2D eigenvalue weighted by atomic mass is 10.2.